The Kier molecular flexibility index (Phi) is 3.31. The molecular weight excluding hydrogens is 268 g/mol. The summed E-state index contributed by atoms with van der Waals surface area (Å²) < 4.78 is 6.38. The zero-order chi connectivity index (χ0) is 14.8. The van der Waals surface area contributed by atoms with E-state index in [9.17, 15) is 9.90 Å². The van der Waals surface area contributed by atoms with Gasteiger partial charge in [0.2, 0.25) is 0 Å². The predicted molar refractivity (Wildman–Crippen MR) is 78.3 cm³/mol. The molecule has 0 spiro atoms. The van der Waals surface area contributed by atoms with Crippen LogP contribution in [0.2, 0.25) is 0 Å². The summed E-state index contributed by atoms with van der Waals surface area (Å²) in [6.07, 6.45) is 1.92. The third-order valence-corrected chi connectivity index (χ3v) is 3.30. The van der Waals surface area contributed by atoms with E-state index in [0.29, 0.717) is 17.7 Å². The Bertz CT molecular complexity index is 775. The molecule has 106 valence electrons. The lowest BCUT2D eigenvalue weighted by Crippen LogP contribution is -2.04. The highest BCUT2D eigenvalue weighted by molar-refractivity contribution is 5.89. The molecule has 1 N–H and O–H groups in total. The molecule has 3 aromatic rings. The number of ether oxygens (including phenoxy) is 1. The maximum Gasteiger partial charge on any atom is 0.337 e. The Morgan fingerprint density at radius 1 is 1.29 bits per heavy atom. The smallest absolute Gasteiger partial charge is 0.337 e. The topological polar surface area (TPSA) is 64.4 Å². The number of esters is 1. The lowest BCUT2D eigenvalue weighted by Gasteiger charge is -2.06. The second-order valence-electron chi connectivity index (χ2n) is 4.72. The van der Waals surface area contributed by atoms with Gasteiger partial charge in [-0.15, -0.1) is 0 Å². The minimum atomic E-state index is -0.471. The highest BCUT2D eigenvalue weighted by atomic mass is 16.5. The zero-order valence-corrected chi connectivity index (χ0v) is 11.5. The van der Waals surface area contributed by atoms with E-state index in [1.807, 2.05) is 30.5 Å². The number of nitrogens with zero attached hydrogens (tertiary/aromatic N) is 2. The van der Waals surface area contributed by atoms with Gasteiger partial charge in [-0.1, -0.05) is 24.3 Å². The van der Waals surface area contributed by atoms with E-state index in [0.717, 1.165) is 10.9 Å². The molecule has 1 heterocycles. The molecule has 0 bridgehead atoms. The molecule has 1 aromatic heterocycles. The van der Waals surface area contributed by atoms with E-state index in [1.165, 1.54) is 13.2 Å². The number of phenols is 1. The van der Waals surface area contributed by atoms with Gasteiger partial charge in [-0.25, -0.2) is 4.79 Å². The monoisotopic (exact) mass is 282 g/mol. The first kappa shape index (κ1) is 13.2. The molecule has 0 radical (unpaired) electrons. The van der Waals surface area contributed by atoms with E-state index in [-0.39, 0.29) is 5.75 Å². The SMILES string of the molecule is COC(=O)c1ccc(Cn2cc3ccccc3n2)c(O)c1. The number of fused-ring (bicyclic) bond motifs is 1. The molecule has 5 nitrogen and oxygen atoms in total. The van der Waals surface area contributed by atoms with Gasteiger partial charge in [0.05, 0.1) is 24.7 Å². The molecule has 0 saturated heterocycles. The molecule has 5 heteroatoms. The number of hydrogen-bond donors (Lipinski definition) is 1. The molecule has 0 unspecified atom stereocenters. The zero-order valence-electron chi connectivity index (χ0n) is 11.5. The van der Waals surface area contributed by atoms with E-state index in [2.05, 4.69) is 9.84 Å². The van der Waals surface area contributed by atoms with Gasteiger partial charge in [-0.2, -0.15) is 5.10 Å². The Morgan fingerprint density at radius 3 is 2.81 bits per heavy atom. The predicted octanol–water partition coefficient (Wildman–Crippen LogP) is 2.58. The first-order chi connectivity index (χ1) is 10.2. The van der Waals surface area contributed by atoms with Crippen molar-refractivity contribution in [3.63, 3.8) is 0 Å². The summed E-state index contributed by atoms with van der Waals surface area (Å²) in [4.78, 5) is 11.4. The van der Waals surface area contributed by atoms with Gasteiger partial charge in [0, 0.05) is 17.1 Å². The highest BCUT2D eigenvalue weighted by Crippen LogP contribution is 2.21. The molecule has 0 aliphatic heterocycles. The normalized spacial score (nSPS) is 10.7. The second-order valence-corrected chi connectivity index (χ2v) is 4.72. The van der Waals surface area contributed by atoms with Crippen LogP contribution in [-0.4, -0.2) is 28.0 Å². The molecule has 2 aromatic carbocycles. The van der Waals surface area contributed by atoms with Crippen LogP contribution in [0.3, 0.4) is 0 Å². The van der Waals surface area contributed by atoms with Crippen LogP contribution in [0.5, 0.6) is 5.75 Å². The van der Waals surface area contributed by atoms with Gasteiger partial charge < -0.3 is 9.84 Å². The average Bonchev–Trinajstić information content (AvgIpc) is 2.90. The fourth-order valence-electron chi connectivity index (χ4n) is 2.21. The van der Waals surface area contributed by atoms with Crippen LogP contribution in [0, 0.1) is 0 Å². The van der Waals surface area contributed by atoms with Crippen molar-refractivity contribution < 1.29 is 14.6 Å². The lowest BCUT2D eigenvalue weighted by molar-refractivity contribution is 0.0600. The maximum atomic E-state index is 11.4. The first-order valence-corrected chi connectivity index (χ1v) is 6.50. The van der Waals surface area contributed by atoms with Gasteiger partial charge in [-0.05, 0) is 18.2 Å². The number of phenolic OH excluding ortho intramolecular Hbond substituents is 1. The number of aromatic nitrogens is 2. The third-order valence-electron chi connectivity index (χ3n) is 3.30. The molecule has 0 fully saturated rings. The van der Waals surface area contributed by atoms with Crippen LogP contribution < -0.4 is 0 Å². The van der Waals surface area contributed by atoms with Crippen molar-refractivity contribution in [1.29, 1.82) is 0 Å². The molecule has 0 amide bonds. The van der Waals surface area contributed by atoms with Crippen molar-refractivity contribution in [2.75, 3.05) is 7.11 Å². The largest absolute Gasteiger partial charge is 0.508 e. The number of aromatic hydroxyl groups is 1. The van der Waals surface area contributed by atoms with Gasteiger partial charge in [-0.3, -0.25) is 4.68 Å². The summed E-state index contributed by atoms with van der Waals surface area (Å²) in [7, 11) is 1.31. The lowest BCUT2D eigenvalue weighted by atomic mass is 10.1. The minimum Gasteiger partial charge on any atom is -0.508 e. The number of carbonyl (C=O) groups excluding carboxylic acids is 1. The fraction of sp³-hybridized carbons (Fsp3) is 0.125. The van der Waals surface area contributed by atoms with Crippen LogP contribution in [0.25, 0.3) is 10.9 Å². The van der Waals surface area contributed by atoms with Crippen LogP contribution in [-0.2, 0) is 11.3 Å². The highest BCUT2D eigenvalue weighted by Gasteiger charge is 2.10. The summed E-state index contributed by atoms with van der Waals surface area (Å²) >= 11 is 0. The summed E-state index contributed by atoms with van der Waals surface area (Å²) in [5.41, 5.74) is 1.92. The van der Waals surface area contributed by atoms with Gasteiger partial charge in [0.15, 0.2) is 0 Å². The van der Waals surface area contributed by atoms with Gasteiger partial charge in [0.25, 0.3) is 0 Å². The van der Waals surface area contributed by atoms with Crippen LogP contribution >= 0.6 is 0 Å². The van der Waals surface area contributed by atoms with Crippen molar-refractivity contribution in [3.05, 3.63) is 59.8 Å². The standard InChI is InChI=1S/C16H14N2O3/c1-21-16(20)11-6-7-13(15(19)8-11)10-18-9-12-4-2-3-5-14(12)17-18/h2-9,19H,10H2,1H3. The van der Waals surface area contributed by atoms with Crippen molar-refractivity contribution in [2.24, 2.45) is 0 Å². The Labute approximate surface area is 121 Å². The van der Waals surface area contributed by atoms with Gasteiger partial charge in [0.1, 0.15) is 5.75 Å². The number of carbonyl (C=O) groups is 1. The van der Waals surface area contributed by atoms with Crippen LogP contribution in [0.15, 0.2) is 48.7 Å². The molecule has 3 rings (SSSR count). The Morgan fingerprint density at radius 2 is 2.10 bits per heavy atom. The van der Waals surface area contributed by atoms with Gasteiger partial charge >= 0.3 is 5.97 Å². The first-order valence-electron chi connectivity index (χ1n) is 6.50. The second kappa shape index (κ2) is 5.28. The van der Waals surface area contributed by atoms with E-state index >= 15 is 0 Å². The fourth-order valence-corrected chi connectivity index (χ4v) is 2.21. The number of benzene rings is 2. The Hall–Kier alpha value is -2.82. The summed E-state index contributed by atoms with van der Waals surface area (Å²) in [6.45, 7) is 0.433. The van der Waals surface area contributed by atoms with E-state index in [4.69, 9.17) is 0 Å². The van der Waals surface area contributed by atoms with Crippen molar-refractivity contribution in [2.45, 2.75) is 6.54 Å². The summed E-state index contributed by atoms with van der Waals surface area (Å²) in [6, 6.07) is 12.5. The average molecular weight is 282 g/mol. The van der Waals surface area contributed by atoms with Crippen molar-refractivity contribution in [3.8, 4) is 5.75 Å². The number of hydrogen-bond acceptors (Lipinski definition) is 4. The summed E-state index contributed by atoms with van der Waals surface area (Å²) in [5.74, 6) is -0.417. The maximum absolute atomic E-state index is 11.4. The van der Waals surface area contributed by atoms with E-state index < -0.39 is 5.97 Å². The van der Waals surface area contributed by atoms with E-state index in [1.54, 1.807) is 16.8 Å². The molecular formula is C16H14N2O3. The summed E-state index contributed by atoms with van der Waals surface area (Å²) in [5, 5.41) is 15.5. The molecule has 0 atom stereocenters. The Balaban J connectivity index is 1.89. The molecule has 0 aliphatic rings. The molecule has 0 aliphatic carbocycles. The van der Waals surface area contributed by atoms with Crippen LogP contribution in [0.4, 0.5) is 0 Å². The number of rotatable bonds is 3. The van der Waals surface area contributed by atoms with Crippen molar-refractivity contribution in [1.82, 2.24) is 9.78 Å². The quantitative estimate of drug-likeness (QED) is 0.750. The molecule has 0 saturated carbocycles. The number of methoxy groups -OCH3 is 1. The van der Waals surface area contributed by atoms with Crippen LogP contribution in [0.1, 0.15) is 15.9 Å². The van der Waals surface area contributed by atoms with Crippen molar-refractivity contribution >= 4 is 16.9 Å². The third kappa shape index (κ3) is 2.58. The minimum absolute atomic E-state index is 0.0532. The molecule has 21 heavy (non-hydrogen) atoms.